The summed E-state index contributed by atoms with van der Waals surface area (Å²) in [7, 11) is 0. The number of carbonyl (C=O) groups is 2. The van der Waals surface area contributed by atoms with Crippen molar-refractivity contribution >= 4 is 35.0 Å². The smallest absolute Gasteiger partial charge is 0.246 e. The zero-order chi connectivity index (χ0) is 19.9. The van der Waals surface area contributed by atoms with Crippen LogP contribution in [0.2, 0.25) is 10.0 Å². The van der Waals surface area contributed by atoms with Crippen molar-refractivity contribution in [3.05, 3.63) is 69.7 Å². The van der Waals surface area contributed by atoms with Crippen LogP contribution in [-0.4, -0.2) is 28.8 Å². The van der Waals surface area contributed by atoms with Crippen LogP contribution in [0.4, 0.5) is 0 Å². The molecule has 2 aromatic rings. The van der Waals surface area contributed by atoms with Crippen LogP contribution in [0.15, 0.2) is 48.5 Å². The Morgan fingerprint density at radius 1 is 0.964 bits per heavy atom. The summed E-state index contributed by atoms with van der Waals surface area (Å²) >= 11 is 11.9. The maximum atomic E-state index is 13.3. The van der Waals surface area contributed by atoms with E-state index in [9.17, 15) is 9.59 Å². The van der Waals surface area contributed by atoms with Gasteiger partial charge in [-0.05, 0) is 61.6 Å². The van der Waals surface area contributed by atoms with E-state index in [4.69, 9.17) is 23.2 Å². The van der Waals surface area contributed by atoms with Crippen molar-refractivity contribution in [2.24, 2.45) is 0 Å². The van der Waals surface area contributed by atoms with Gasteiger partial charge in [0.25, 0.3) is 0 Å². The summed E-state index contributed by atoms with van der Waals surface area (Å²) in [6, 6.07) is 14.8. The van der Waals surface area contributed by atoms with Crippen molar-refractivity contribution in [2.45, 2.75) is 43.7 Å². The fourth-order valence-corrected chi connectivity index (χ4v) is 4.13. The molecule has 4 nitrogen and oxygen atoms in total. The van der Waals surface area contributed by atoms with Gasteiger partial charge < -0.3 is 10.2 Å². The summed E-state index contributed by atoms with van der Waals surface area (Å²) in [4.78, 5) is 27.9. The Bertz CT molecular complexity index is 907. The van der Waals surface area contributed by atoms with Crippen molar-refractivity contribution in [1.29, 1.82) is 0 Å². The van der Waals surface area contributed by atoms with E-state index >= 15 is 0 Å². The third-order valence-corrected chi connectivity index (χ3v) is 6.58. The van der Waals surface area contributed by atoms with Crippen LogP contribution in [0.1, 0.15) is 37.3 Å². The van der Waals surface area contributed by atoms with Crippen molar-refractivity contribution < 1.29 is 9.59 Å². The molecule has 2 aliphatic rings. The lowest BCUT2D eigenvalue weighted by molar-refractivity contribution is -0.159. The summed E-state index contributed by atoms with van der Waals surface area (Å²) in [5.41, 5.74) is 0.657. The summed E-state index contributed by atoms with van der Waals surface area (Å²) in [6.45, 7) is 2.87. The van der Waals surface area contributed by atoms with Crippen molar-refractivity contribution in [3.63, 3.8) is 0 Å². The van der Waals surface area contributed by atoms with Crippen LogP contribution in [-0.2, 0) is 21.5 Å². The molecule has 146 valence electrons. The summed E-state index contributed by atoms with van der Waals surface area (Å²) in [5.74, 6) is -0.0702. The van der Waals surface area contributed by atoms with Crippen molar-refractivity contribution in [2.75, 3.05) is 6.54 Å². The minimum absolute atomic E-state index is 0.0465. The Hall–Kier alpha value is -2.04. The van der Waals surface area contributed by atoms with Gasteiger partial charge in [0, 0.05) is 23.1 Å². The fourth-order valence-electron chi connectivity index (χ4n) is 3.87. The molecule has 0 radical (unpaired) electrons. The van der Waals surface area contributed by atoms with Gasteiger partial charge in [-0.3, -0.25) is 9.59 Å². The normalized spacial score (nSPS) is 22.3. The average molecular weight is 417 g/mol. The molecule has 1 atom stereocenters. The Morgan fingerprint density at radius 2 is 1.54 bits per heavy atom. The second kappa shape index (κ2) is 7.09. The number of rotatable bonds is 5. The van der Waals surface area contributed by atoms with E-state index in [2.05, 4.69) is 5.32 Å². The Labute approximate surface area is 174 Å². The lowest BCUT2D eigenvalue weighted by atomic mass is 9.82. The number of nitrogens with zero attached hydrogens (tertiary/aromatic N) is 1. The van der Waals surface area contributed by atoms with E-state index in [0.29, 0.717) is 29.6 Å². The molecule has 1 N–H and O–H groups in total. The molecule has 6 heteroatoms. The topological polar surface area (TPSA) is 49.4 Å². The molecule has 1 unspecified atom stereocenters. The number of hydrogen-bond acceptors (Lipinski definition) is 2. The van der Waals surface area contributed by atoms with Crippen molar-refractivity contribution in [3.8, 4) is 0 Å². The first-order valence-corrected chi connectivity index (χ1v) is 10.2. The molecule has 2 fully saturated rings. The summed E-state index contributed by atoms with van der Waals surface area (Å²) in [5, 5.41) is 4.29. The van der Waals surface area contributed by atoms with Crippen molar-refractivity contribution in [1.82, 2.24) is 10.2 Å². The Kier molecular flexibility index (Phi) is 4.88. The van der Waals surface area contributed by atoms with Crippen LogP contribution in [0, 0.1) is 0 Å². The third kappa shape index (κ3) is 3.29. The lowest BCUT2D eigenvalue weighted by Crippen LogP contribution is -2.68. The molecule has 0 spiro atoms. The monoisotopic (exact) mass is 416 g/mol. The van der Waals surface area contributed by atoms with Gasteiger partial charge in [0.1, 0.15) is 5.54 Å². The fraction of sp³-hybridized carbons (Fsp3) is 0.364. The highest BCUT2D eigenvalue weighted by atomic mass is 35.5. The molecular formula is C22H22Cl2N2O2. The van der Waals surface area contributed by atoms with Gasteiger partial charge in [-0.15, -0.1) is 0 Å². The molecule has 1 saturated carbocycles. The first kappa shape index (κ1) is 19.3. The molecule has 0 aromatic heterocycles. The Balaban J connectivity index is 1.45. The molecule has 0 bridgehead atoms. The number of benzene rings is 2. The largest absolute Gasteiger partial charge is 0.350 e. The van der Waals surface area contributed by atoms with Crippen LogP contribution in [0.5, 0.6) is 0 Å². The Morgan fingerprint density at radius 3 is 2.04 bits per heavy atom. The van der Waals surface area contributed by atoms with E-state index in [1.807, 2.05) is 43.3 Å². The first-order valence-electron chi connectivity index (χ1n) is 9.46. The molecule has 1 aliphatic carbocycles. The SMILES string of the molecule is CC1(C(=O)NCc2ccc(Cl)cc2)CCN1C(=O)C1(c2ccc(Cl)cc2)CC1. The molecule has 1 aliphatic heterocycles. The third-order valence-electron chi connectivity index (χ3n) is 6.07. The van der Waals surface area contributed by atoms with E-state index in [1.54, 1.807) is 17.0 Å². The van der Waals surface area contributed by atoms with Gasteiger partial charge in [-0.25, -0.2) is 0 Å². The standard InChI is InChI=1S/C22H22Cl2N2O2/c1-21(19(27)25-14-15-2-6-17(23)7-3-15)12-13-26(21)20(28)22(10-11-22)16-4-8-18(24)9-5-16/h2-9H,10-14H2,1H3,(H,25,27). The zero-order valence-electron chi connectivity index (χ0n) is 15.7. The number of halogens is 2. The maximum absolute atomic E-state index is 13.3. The van der Waals surface area contributed by atoms with E-state index < -0.39 is 11.0 Å². The molecular weight excluding hydrogens is 395 g/mol. The van der Waals surface area contributed by atoms with E-state index in [1.165, 1.54) is 0 Å². The zero-order valence-corrected chi connectivity index (χ0v) is 17.2. The van der Waals surface area contributed by atoms with Gasteiger partial charge >= 0.3 is 0 Å². The second-order valence-electron chi connectivity index (χ2n) is 7.88. The van der Waals surface area contributed by atoms with Crippen LogP contribution >= 0.6 is 23.2 Å². The highest BCUT2D eigenvalue weighted by molar-refractivity contribution is 6.30. The second-order valence-corrected chi connectivity index (χ2v) is 8.75. The average Bonchev–Trinajstić information content (AvgIpc) is 3.48. The number of hydrogen-bond donors (Lipinski definition) is 1. The number of carbonyl (C=O) groups excluding carboxylic acids is 2. The van der Waals surface area contributed by atoms with Gasteiger partial charge in [-0.2, -0.15) is 0 Å². The van der Waals surface area contributed by atoms with E-state index in [-0.39, 0.29) is 11.8 Å². The number of likely N-dealkylation sites (tertiary alicyclic amines) is 1. The van der Waals surface area contributed by atoms with Crippen LogP contribution in [0.3, 0.4) is 0 Å². The van der Waals surface area contributed by atoms with Gasteiger partial charge in [0.15, 0.2) is 0 Å². The van der Waals surface area contributed by atoms with Gasteiger partial charge in [0.2, 0.25) is 11.8 Å². The minimum Gasteiger partial charge on any atom is -0.350 e. The number of amides is 2. The first-order chi connectivity index (χ1) is 13.3. The number of nitrogens with one attached hydrogen (secondary N) is 1. The predicted molar refractivity (Wildman–Crippen MR) is 110 cm³/mol. The summed E-state index contributed by atoms with van der Waals surface area (Å²) in [6.07, 6.45) is 2.29. The van der Waals surface area contributed by atoms with Gasteiger partial charge in [-0.1, -0.05) is 47.5 Å². The molecule has 2 amide bonds. The minimum atomic E-state index is -0.800. The highest BCUT2D eigenvalue weighted by Gasteiger charge is 2.59. The van der Waals surface area contributed by atoms with Crippen LogP contribution in [0.25, 0.3) is 0 Å². The molecule has 1 heterocycles. The lowest BCUT2D eigenvalue weighted by Gasteiger charge is -2.50. The van der Waals surface area contributed by atoms with Crippen LogP contribution < -0.4 is 5.32 Å². The molecule has 4 rings (SSSR count). The summed E-state index contributed by atoms with van der Waals surface area (Å²) < 4.78 is 0. The van der Waals surface area contributed by atoms with Gasteiger partial charge in [0.05, 0.1) is 5.41 Å². The maximum Gasteiger partial charge on any atom is 0.246 e. The van der Waals surface area contributed by atoms with E-state index in [0.717, 1.165) is 24.0 Å². The molecule has 28 heavy (non-hydrogen) atoms. The highest BCUT2D eigenvalue weighted by Crippen LogP contribution is 2.52. The predicted octanol–water partition coefficient (Wildman–Crippen LogP) is 4.33. The molecule has 1 saturated heterocycles. The molecule has 2 aromatic carbocycles. The quantitative estimate of drug-likeness (QED) is 0.787.